The zero-order valence-corrected chi connectivity index (χ0v) is 21.6. The molecule has 0 radical (unpaired) electrons. The Morgan fingerprint density at radius 1 is 0.656 bits per heavy atom. The molecule has 0 N–H and O–H groups in total. The summed E-state index contributed by atoms with van der Waals surface area (Å²) in [6, 6.07) is 16.8. The van der Waals surface area contributed by atoms with Crippen molar-refractivity contribution in [2.24, 2.45) is 22.7 Å². The average Bonchev–Trinajstić information content (AvgIpc) is 2.95. The smallest absolute Gasteiger partial charge is 0.207 e. The van der Waals surface area contributed by atoms with Gasteiger partial charge in [-0.05, 0) is 61.5 Å². The van der Waals surface area contributed by atoms with Crippen molar-refractivity contribution in [1.82, 2.24) is 4.31 Å². The molecule has 0 spiro atoms. The quantitative estimate of drug-likeness (QED) is 0.482. The topological polar surface area (TPSA) is 37.4 Å². The molecule has 3 aliphatic rings. The Labute approximate surface area is 196 Å². The van der Waals surface area contributed by atoms with Crippen molar-refractivity contribution in [2.45, 2.75) is 96.0 Å². The molecule has 4 atom stereocenters. The fourth-order valence-corrected chi connectivity index (χ4v) is 10.2. The van der Waals surface area contributed by atoms with Gasteiger partial charge in [0.05, 0.1) is 4.90 Å². The van der Waals surface area contributed by atoms with Crippen LogP contribution in [0.2, 0.25) is 0 Å². The molecule has 2 heterocycles. The first-order chi connectivity index (χ1) is 14.9. The summed E-state index contributed by atoms with van der Waals surface area (Å²) in [5.74, 6) is 0.793. The van der Waals surface area contributed by atoms with Crippen LogP contribution in [-0.4, -0.2) is 23.8 Å². The van der Waals surface area contributed by atoms with Crippen molar-refractivity contribution in [3.05, 3.63) is 54.6 Å². The van der Waals surface area contributed by atoms with Crippen LogP contribution in [0.3, 0.4) is 0 Å². The predicted octanol–water partition coefficient (Wildman–Crippen LogP) is 6.99. The zero-order valence-electron chi connectivity index (χ0n) is 20.8. The van der Waals surface area contributed by atoms with Gasteiger partial charge in [-0.2, -0.15) is 4.31 Å². The third-order valence-corrected chi connectivity index (χ3v) is 12.5. The lowest BCUT2D eigenvalue weighted by atomic mass is 9.44. The highest BCUT2D eigenvalue weighted by Gasteiger charge is 2.82. The maximum atomic E-state index is 14.5. The Morgan fingerprint density at radius 3 is 1.44 bits per heavy atom. The Hall–Kier alpha value is -1.39. The number of sulfonamides is 1. The van der Waals surface area contributed by atoms with Crippen molar-refractivity contribution < 1.29 is 8.42 Å². The first-order valence-corrected chi connectivity index (χ1v) is 13.8. The van der Waals surface area contributed by atoms with Crippen LogP contribution in [-0.2, 0) is 10.0 Å². The molecule has 1 aromatic carbocycles. The summed E-state index contributed by atoms with van der Waals surface area (Å²) >= 11 is 0. The molecule has 3 nitrogen and oxygen atoms in total. The summed E-state index contributed by atoms with van der Waals surface area (Å²) in [5, 5.41) is 0. The van der Waals surface area contributed by atoms with Crippen LogP contribution in [0.25, 0.3) is 0 Å². The second-order valence-corrected chi connectivity index (χ2v) is 13.4. The summed E-state index contributed by atoms with van der Waals surface area (Å²) in [7, 11) is -3.71. The number of hydrogen-bond acceptors (Lipinski definition) is 2. The van der Waals surface area contributed by atoms with Gasteiger partial charge < -0.3 is 0 Å². The highest BCUT2D eigenvalue weighted by atomic mass is 32.2. The zero-order chi connectivity index (χ0) is 23.4. The highest BCUT2D eigenvalue weighted by Crippen LogP contribution is 2.77. The predicted molar refractivity (Wildman–Crippen MR) is 132 cm³/mol. The summed E-state index contributed by atoms with van der Waals surface area (Å²) in [6.45, 7) is 13.8. The summed E-state index contributed by atoms with van der Waals surface area (Å²) in [5.41, 5.74) is -1.15. The molecule has 1 saturated carbocycles. The molecule has 0 aromatic heterocycles. The van der Waals surface area contributed by atoms with Crippen LogP contribution in [0.15, 0.2) is 59.5 Å². The lowest BCUT2D eigenvalue weighted by Crippen LogP contribution is -2.59. The van der Waals surface area contributed by atoms with Crippen LogP contribution >= 0.6 is 0 Å². The Bertz CT molecular complexity index is 966. The molecular formula is C28H41NO2S. The van der Waals surface area contributed by atoms with Gasteiger partial charge in [-0.15, -0.1) is 0 Å². The van der Waals surface area contributed by atoms with Gasteiger partial charge in [-0.1, -0.05) is 95.8 Å². The average molecular weight is 456 g/mol. The molecule has 32 heavy (non-hydrogen) atoms. The number of nitrogens with zero attached hydrogens (tertiary/aromatic N) is 1. The molecule has 176 valence electrons. The van der Waals surface area contributed by atoms with Gasteiger partial charge in [-0.3, -0.25) is 0 Å². The van der Waals surface area contributed by atoms with E-state index in [2.05, 4.69) is 41.5 Å². The van der Waals surface area contributed by atoms with E-state index in [1.54, 1.807) is 12.1 Å². The van der Waals surface area contributed by atoms with Crippen molar-refractivity contribution >= 4 is 10.0 Å². The van der Waals surface area contributed by atoms with Crippen molar-refractivity contribution in [3.8, 4) is 0 Å². The standard InChI is InChI=1S/C28H41NO2S/c1-25(2)26(3,4)28(6)24-21-17-13-12-16-20-23(24)27(25,5)29(28)32(30,31)22-18-14-10-8-7-9-11-15-19-22/h7-11,14-15,18-19,23-24H,12-13,16-17,20-21H2,1-6H3. The molecule has 4 rings (SSSR count). The van der Waals surface area contributed by atoms with E-state index in [1.807, 2.05) is 46.8 Å². The first-order valence-electron chi connectivity index (χ1n) is 12.4. The Balaban J connectivity index is 1.98. The minimum absolute atomic E-state index is 0.152. The van der Waals surface area contributed by atoms with Gasteiger partial charge in [0.1, 0.15) is 0 Å². The molecule has 2 bridgehead atoms. The molecule has 4 unspecified atom stereocenters. The fourth-order valence-electron chi connectivity index (χ4n) is 7.77. The molecule has 0 amide bonds. The van der Waals surface area contributed by atoms with Crippen molar-refractivity contribution in [3.63, 3.8) is 0 Å². The maximum Gasteiger partial charge on any atom is 0.244 e. The van der Waals surface area contributed by atoms with Crippen LogP contribution in [0.1, 0.15) is 80.1 Å². The Morgan fingerprint density at radius 2 is 1.03 bits per heavy atom. The van der Waals surface area contributed by atoms with E-state index in [1.165, 1.54) is 25.7 Å². The third kappa shape index (κ3) is 2.91. The summed E-state index contributed by atoms with van der Waals surface area (Å²) < 4.78 is 31.1. The van der Waals surface area contributed by atoms with E-state index in [-0.39, 0.29) is 10.8 Å². The van der Waals surface area contributed by atoms with Gasteiger partial charge in [0, 0.05) is 11.1 Å². The summed E-state index contributed by atoms with van der Waals surface area (Å²) in [4.78, 5) is 0.383. The monoisotopic (exact) mass is 455 g/mol. The molecular weight excluding hydrogens is 414 g/mol. The van der Waals surface area contributed by atoms with Gasteiger partial charge in [0.25, 0.3) is 0 Å². The normalized spacial score (nSPS) is 35.9. The maximum absolute atomic E-state index is 14.5. The number of hydrogen-bond donors (Lipinski definition) is 0. The SMILES string of the molecule is CC12C3CCCCCCC3C(C)(N1S(=O)(=O)c1ccccccccc1)C(C)(C)C2(C)C. The van der Waals surface area contributed by atoms with Gasteiger partial charge in [-0.25, -0.2) is 8.42 Å². The molecule has 2 saturated heterocycles. The molecule has 1 aliphatic carbocycles. The van der Waals surface area contributed by atoms with E-state index in [0.717, 1.165) is 12.8 Å². The van der Waals surface area contributed by atoms with E-state index >= 15 is 0 Å². The van der Waals surface area contributed by atoms with Crippen molar-refractivity contribution in [2.75, 3.05) is 0 Å². The lowest BCUT2D eigenvalue weighted by molar-refractivity contribution is -0.0582. The lowest BCUT2D eigenvalue weighted by Gasteiger charge is -2.58. The molecule has 1 aromatic rings. The highest BCUT2D eigenvalue weighted by molar-refractivity contribution is 7.89. The molecule has 3 fully saturated rings. The molecule has 2 aliphatic heterocycles. The number of rotatable bonds is 2. The van der Waals surface area contributed by atoms with Gasteiger partial charge in [0.2, 0.25) is 10.0 Å². The van der Waals surface area contributed by atoms with E-state index in [9.17, 15) is 8.42 Å². The second-order valence-electron chi connectivity index (χ2n) is 11.6. The van der Waals surface area contributed by atoms with E-state index in [4.69, 9.17) is 0 Å². The second kappa shape index (κ2) is 7.84. The summed E-state index contributed by atoms with van der Waals surface area (Å²) in [6.07, 6.45) is 7.21. The van der Waals surface area contributed by atoms with E-state index < -0.39 is 21.1 Å². The Kier molecular flexibility index (Phi) is 5.82. The largest absolute Gasteiger partial charge is 0.244 e. The van der Waals surface area contributed by atoms with E-state index in [0.29, 0.717) is 16.7 Å². The van der Waals surface area contributed by atoms with Crippen LogP contribution < -0.4 is 0 Å². The van der Waals surface area contributed by atoms with Crippen molar-refractivity contribution in [1.29, 1.82) is 0 Å². The fraction of sp³-hybridized carbons (Fsp3) is 0.643. The van der Waals surface area contributed by atoms with Crippen LogP contribution in [0.5, 0.6) is 0 Å². The third-order valence-electron chi connectivity index (χ3n) is 10.4. The van der Waals surface area contributed by atoms with Crippen LogP contribution in [0, 0.1) is 22.7 Å². The van der Waals surface area contributed by atoms with Crippen LogP contribution in [0.4, 0.5) is 0 Å². The molecule has 4 heteroatoms. The minimum atomic E-state index is -3.71. The number of fused-ring (bicyclic) bond motifs is 5. The minimum Gasteiger partial charge on any atom is -0.207 e. The van der Waals surface area contributed by atoms with Gasteiger partial charge in [0.15, 0.2) is 0 Å². The first kappa shape index (κ1) is 23.8. The van der Waals surface area contributed by atoms with Gasteiger partial charge >= 0.3 is 0 Å².